The smallest absolute Gasteiger partial charge is 0.220 e. The van der Waals surface area contributed by atoms with E-state index in [4.69, 9.17) is 4.74 Å². The molecule has 0 aliphatic heterocycles. The molecule has 22 heavy (non-hydrogen) atoms. The summed E-state index contributed by atoms with van der Waals surface area (Å²) < 4.78 is 5.15. The van der Waals surface area contributed by atoms with Gasteiger partial charge in [-0.2, -0.15) is 0 Å². The number of methoxy groups -OCH3 is 1. The Balaban J connectivity index is 1.95. The highest BCUT2D eigenvalue weighted by Gasteiger charge is 2.14. The van der Waals surface area contributed by atoms with Crippen molar-refractivity contribution in [3.63, 3.8) is 0 Å². The quantitative estimate of drug-likeness (QED) is 0.915. The molecule has 2 rings (SSSR count). The van der Waals surface area contributed by atoms with Gasteiger partial charge in [-0.25, -0.2) is 4.98 Å². The van der Waals surface area contributed by atoms with E-state index >= 15 is 0 Å². The molecule has 0 aliphatic carbocycles. The number of ether oxygens (including phenoxy) is 1. The first-order chi connectivity index (χ1) is 10.4. The molecule has 5 heteroatoms. The van der Waals surface area contributed by atoms with Gasteiger partial charge in [0.2, 0.25) is 5.91 Å². The number of hydrogen-bond donors (Lipinski definition) is 1. The van der Waals surface area contributed by atoms with Gasteiger partial charge in [0.15, 0.2) is 0 Å². The fourth-order valence-electron chi connectivity index (χ4n) is 2.01. The zero-order valence-electron chi connectivity index (χ0n) is 13.5. The van der Waals surface area contributed by atoms with Crippen LogP contribution in [0.15, 0.2) is 29.6 Å². The molecule has 1 aromatic heterocycles. The third-order valence-electron chi connectivity index (χ3n) is 3.01. The number of aromatic nitrogens is 1. The van der Waals surface area contributed by atoms with Crippen molar-refractivity contribution in [3.8, 4) is 16.3 Å². The Hall–Kier alpha value is -1.88. The van der Waals surface area contributed by atoms with E-state index in [2.05, 4.69) is 10.3 Å². The summed E-state index contributed by atoms with van der Waals surface area (Å²) in [4.78, 5) is 16.4. The number of nitrogens with zero attached hydrogens (tertiary/aromatic N) is 1. The first-order valence-corrected chi connectivity index (χ1v) is 8.15. The van der Waals surface area contributed by atoms with Gasteiger partial charge >= 0.3 is 0 Å². The van der Waals surface area contributed by atoms with Crippen molar-refractivity contribution in [2.24, 2.45) is 0 Å². The molecule has 1 heterocycles. The van der Waals surface area contributed by atoms with Crippen LogP contribution in [-0.4, -0.2) is 23.5 Å². The SMILES string of the molecule is COc1ccc(-c2nc(CCC(=O)NC(C)(C)C)cs2)cc1. The lowest BCUT2D eigenvalue weighted by molar-refractivity contribution is -0.122. The maximum Gasteiger partial charge on any atom is 0.220 e. The second-order valence-corrected chi connectivity index (χ2v) is 7.03. The number of carbonyl (C=O) groups is 1. The Kier molecular flexibility index (Phi) is 5.19. The molecule has 118 valence electrons. The Bertz CT molecular complexity index is 627. The van der Waals surface area contributed by atoms with Crippen molar-refractivity contribution in [1.82, 2.24) is 10.3 Å². The number of amides is 1. The molecule has 0 fully saturated rings. The van der Waals surface area contributed by atoms with Crippen LogP contribution in [0.3, 0.4) is 0 Å². The Morgan fingerprint density at radius 2 is 1.95 bits per heavy atom. The summed E-state index contributed by atoms with van der Waals surface area (Å²) in [5, 5.41) is 5.95. The maximum absolute atomic E-state index is 11.8. The van der Waals surface area contributed by atoms with Gasteiger partial charge in [0, 0.05) is 22.9 Å². The number of rotatable bonds is 5. The summed E-state index contributed by atoms with van der Waals surface area (Å²) in [6.07, 6.45) is 1.12. The predicted molar refractivity (Wildman–Crippen MR) is 90.3 cm³/mol. The van der Waals surface area contributed by atoms with Crippen molar-refractivity contribution in [2.75, 3.05) is 7.11 Å². The maximum atomic E-state index is 11.8. The van der Waals surface area contributed by atoms with E-state index in [0.29, 0.717) is 12.8 Å². The van der Waals surface area contributed by atoms with Crippen LogP contribution in [0.1, 0.15) is 32.9 Å². The molecule has 1 aromatic carbocycles. The van der Waals surface area contributed by atoms with Gasteiger partial charge in [-0.3, -0.25) is 4.79 Å². The Morgan fingerprint density at radius 3 is 2.55 bits per heavy atom. The van der Waals surface area contributed by atoms with Crippen LogP contribution in [0.25, 0.3) is 10.6 Å². The number of nitrogens with one attached hydrogen (secondary N) is 1. The molecule has 0 saturated heterocycles. The Morgan fingerprint density at radius 1 is 1.27 bits per heavy atom. The molecule has 0 unspecified atom stereocenters. The van der Waals surface area contributed by atoms with Gasteiger partial charge in [0.25, 0.3) is 0 Å². The average Bonchev–Trinajstić information content (AvgIpc) is 2.92. The average molecular weight is 318 g/mol. The number of carbonyl (C=O) groups excluding carboxylic acids is 1. The summed E-state index contributed by atoms with van der Waals surface area (Å²) >= 11 is 1.60. The number of benzene rings is 1. The molecule has 0 saturated carbocycles. The number of hydrogen-bond acceptors (Lipinski definition) is 4. The molecule has 0 aliphatic rings. The lowest BCUT2D eigenvalue weighted by atomic mass is 10.1. The van der Waals surface area contributed by atoms with Gasteiger partial charge in [-0.15, -0.1) is 11.3 Å². The van der Waals surface area contributed by atoms with E-state index in [1.54, 1.807) is 18.4 Å². The summed E-state index contributed by atoms with van der Waals surface area (Å²) in [6, 6.07) is 7.84. The van der Waals surface area contributed by atoms with Gasteiger partial charge in [-0.1, -0.05) is 0 Å². The molecular weight excluding hydrogens is 296 g/mol. The highest BCUT2D eigenvalue weighted by molar-refractivity contribution is 7.13. The molecule has 4 nitrogen and oxygen atoms in total. The van der Waals surface area contributed by atoms with E-state index in [0.717, 1.165) is 22.0 Å². The first kappa shape index (κ1) is 16.5. The van der Waals surface area contributed by atoms with Crippen LogP contribution in [0.4, 0.5) is 0 Å². The van der Waals surface area contributed by atoms with Crippen LogP contribution in [-0.2, 0) is 11.2 Å². The molecule has 0 spiro atoms. The standard InChI is InChI=1S/C17H22N2O2S/c1-17(2,3)19-15(20)10-7-13-11-22-16(18-13)12-5-8-14(21-4)9-6-12/h5-6,8-9,11H,7,10H2,1-4H3,(H,19,20). The first-order valence-electron chi connectivity index (χ1n) is 7.27. The minimum Gasteiger partial charge on any atom is -0.497 e. The third-order valence-corrected chi connectivity index (χ3v) is 3.95. The highest BCUT2D eigenvalue weighted by atomic mass is 32.1. The lowest BCUT2D eigenvalue weighted by Gasteiger charge is -2.20. The van der Waals surface area contributed by atoms with Crippen molar-refractivity contribution < 1.29 is 9.53 Å². The van der Waals surface area contributed by atoms with Gasteiger partial charge in [0.1, 0.15) is 10.8 Å². The zero-order valence-corrected chi connectivity index (χ0v) is 14.3. The monoisotopic (exact) mass is 318 g/mol. The Labute approximate surface area is 135 Å². The number of aryl methyl sites for hydroxylation is 1. The molecule has 0 radical (unpaired) electrons. The fourth-order valence-corrected chi connectivity index (χ4v) is 2.87. The summed E-state index contributed by atoms with van der Waals surface area (Å²) in [5.74, 6) is 0.894. The van der Waals surface area contributed by atoms with E-state index < -0.39 is 0 Å². The second kappa shape index (κ2) is 6.92. The summed E-state index contributed by atoms with van der Waals surface area (Å²) in [5.41, 5.74) is 1.84. The minimum atomic E-state index is -0.187. The summed E-state index contributed by atoms with van der Waals surface area (Å²) in [6.45, 7) is 5.95. The van der Waals surface area contributed by atoms with Crippen LogP contribution >= 0.6 is 11.3 Å². The highest BCUT2D eigenvalue weighted by Crippen LogP contribution is 2.26. The summed E-state index contributed by atoms with van der Waals surface area (Å²) in [7, 11) is 1.65. The van der Waals surface area contributed by atoms with Crippen molar-refractivity contribution in [1.29, 1.82) is 0 Å². The molecule has 2 aromatic rings. The van der Waals surface area contributed by atoms with Gasteiger partial charge in [-0.05, 0) is 51.5 Å². The minimum absolute atomic E-state index is 0.0616. The van der Waals surface area contributed by atoms with Gasteiger partial charge < -0.3 is 10.1 Å². The molecular formula is C17H22N2O2S. The second-order valence-electron chi connectivity index (χ2n) is 6.17. The molecule has 0 bridgehead atoms. The molecule has 1 amide bonds. The predicted octanol–water partition coefficient (Wildman–Crippen LogP) is 3.67. The van der Waals surface area contributed by atoms with E-state index in [1.165, 1.54) is 0 Å². The largest absolute Gasteiger partial charge is 0.497 e. The van der Waals surface area contributed by atoms with Crippen LogP contribution in [0, 0.1) is 0 Å². The van der Waals surface area contributed by atoms with Crippen molar-refractivity contribution in [3.05, 3.63) is 35.3 Å². The van der Waals surface area contributed by atoms with E-state index in [-0.39, 0.29) is 11.4 Å². The van der Waals surface area contributed by atoms with Crippen molar-refractivity contribution >= 4 is 17.2 Å². The van der Waals surface area contributed by atoms with Gasteiger partial charge in [0.05, 0.1) is 12.8 Å². The number of thiazole rings is 1. The van der Waals surface area contributed by atoms with Crippen LogP contribution < -0.4 is 10.1 Å². The van der Waals surface area contributed by atoms with Crippen LogP contribution in [0.2, 0.25) is 0 Å². The van der Waals surface area contributed by atoms with Crippen molar-refractivity contribution in [2.45, 2.75) is 39.2 Å². The zero-order chi connectivity index (χ0) is 16.2. The van der Waals surface area contributed by atoms with E-state index in [9.17, 15) is 4.79 Å². The fraction of sp³-hybridized carbons (Fsp3) is 0.412. The topological polar surface area (TPSA) is 51.2 Å². The third kappa shape index (κ3) is 4.84. The normalized spacial score (nSPS) is 11.3. The molecule has 1 N–H and O–H groups in total. The lowest BCUT2D eigenvalue weighted by Crippen LogP contribution is -2.40. The van der Waals surface area contributed by atoms with Crippen LogP contribution in [0.5, 0.6) is 5.75 Å². The van der Waals surface area contributed by atoms with E-state index in [1.807, 2.05) is 50.4 Å². The molecule has 0 atom stereocenters.